The molecule has 16 heavy (non-hydrogen) atoms. The predicted molar refractivity (Wildman–Crippen MR) is 49.7 cm³/mol. The molecule has 1 saturated heterocycles. The Morgan fingerprint density at radius 3 is 2.44 bits per heavy atom. The van der Waals surface area contributed by atoms with Crippen LogP contribution in [-0.2, 0) is 9.59 Å². The molecule has 1 aliphatic rings. The quantitative estimate of drug-likeness (QED) is 0.674. The Morgan fingerprint density at radius 1 is 1.25 bits per heavy atom. The van der Waals surface area contributed by atoms with Gasteiger partial charge in [0.25, 0.3) is 5.95 Å². The second kappa shape index (κ2) is 3.69. The lowest BCUT2D eigenvalue weighted by molar-refractivity contribution is -0.132. The molecule has 2 rings (SSSR count). The molecule has 1 fully saturated rings. The van der Waals surface area contributed by atoms with Crippen LogP contribution in [0.2, 0.25) is 0 Å². The van der Waals surface area contributed by atoms with Gasteiger partial charge in [0.05, 0.1) is 18.9 Å². The molecule has 1 aromatic rings. The van der Waals surface area contributed by atoms with Crippen LogP contribution in [0.4, 0.5) is 4.79 Å². The molecule has 4 amide bonds. The number of nitrogens with one attached hydrogen (secondary N) is 2. The molecule has 1 aromatic heterocycles. The third kappa shape index (κ3) is 1.52. The van der Waals surface area contributed by atoms with E-state index in [4.69, 9.17) is 9.15 Å². The van der Waals surface area contributed by atoms with Crippen molar-refractivity contribution >= 4 is 17.8 Å². The van der Waals surface area contributed by atoms with Crippen LogP contribution in [0.15, 0.2) is 16.7 Å². The highest BCUT2D eigenvalue weighted by Gasteiger charge is 2.38. The van der Waals surface area contributed by atoms with Crippen LogP contribution in [-0.4, -0.2) is 25.0 Å². The van der Waals surface area contributed by atoms with Crippen molar-refractivity contribution in [1.29, 1.82) is 0 Å². The molecule has 0 aliphatic carbocycles. The lowest BCUT2D eigenvalue weighted by Crippen LogP contribution is -2.54. The number of amides is 4. The van der Waals surface area contributed by atoms with Gasteiger partial charge in [-0.25, -0.2) is 4.79 Å². The summed E-state index contributed by atoms with van der Waals surface area (Å²) in [6.45, 7) is 0. The van der Waals surface area contributed by atoms with E-state index in [0.29, 0.717) is 0 Å². The minimum atomic E-state index is -1.13. The average Bonchev–Trinajstić information content (AvgIpc) is 2.64. The van der Waals surface area contributed by atoms with Crippen LogP contribution >= 0.6 is 0 Å². The molecule has 0 atom stereocenters. The third-order valence-electron chi connectivity index (χ3n) is 2.15. The Kier molecular flexibility index (Phi) is 2.35. The van der Waals surface area contributed by atoms with E-state index in [9.17, 15) is 14.4 Å². The fourth-order valence-corrected chi connectivity index (χ4v) is 1.49. The van der Waals surface area contributed by atoms with Crippen LogP contribution in [0.25, 0.3) is 0 Å². The van der Waals surface area contributed by atoms with Crippen LogP contribution in [0.3, 0.4) is 0 Å². The minimum Gasteiger partial charge on any atom is -0.468 e. The van der Waals surface area contributed by atoms with Crippen molar-refractivity contribution in [1.82, 2.24) is 10.6 Å². The van der Waals surface area contributed by atoms with Crippen molar-refractivity contribution in [3.8, 4) is 5.95 Å². The van der Waals surface area contributed by atoms with E-state index in [1.165, 1.54) is 19.4 Å². The van der Waals surface area contributed by atoms with E-state index in [-0.39, 0.29) is 11.5 Å². The number of furan rings is 1. The van der Waals surface area contributed by atoms with Gasteiger partial charge >= 0.3 is 6.03 Å². The molecule has 7 nitrogen and oxygen atoms in total. The van der Waals surface area contributed by atoms with E-state index in [1.54, 1.807) is 0 Å². The first-order valence-corrected chi connectivity index (χ1v) is 4.40. The fourth-order valence-electron chi connectivity index (χ4n) is 1.49. The van der Waals surface area contributed by atoms with Crippen LogP contribution in [0.1, 0.15) is 11.5 Å². The molecule has 1 aliphatic heterocycles. The molecule has 0 spiro atoms. The van der Waals surface area contributed by atoms with Gasteiger partial charge in [-0.2, -0.15) is 0 Å². The normalized spacial score (nSPS) is 16.9. The van der Waals surface area contributed by atoms with Gasteiger partial charge in [0.1, 0.15) is 5.92 Å². The van der Waals surface area contributed by atoms with Gasteiger partial charge in [-0.1, -0.05) is 0 Å². The Morgan fingerprint density at radius 2 is 1.88 bits per heavy atom. The van der Waals surface area contributed by atoms with E-state index in [2.05, 4.69) is 0 Å². The number of methoxy groups -OCH3 is 1. The molecule has 0 radical (unpaired) electrons. The first-order valence-electron chi connectivity index (χ1n) is 4.40. The summed E-state index contributed by atoms with van der Waals surface area (Å²) >= 11 is 0. The SMILES string of the molecule is COc1occc1C1C(=O)NC(=O)NC1=O. The smallest absolute Gasteiger partial charge is 0.328 e. The molecular weight excluding hydrogens is 216 g/mol. The number of imide groups is 2. The number of hydrogen-bond acceptors (Lipinski definition) is 5. The van der Waals surface area contributed by atoms with Gasteiger partial charge in [0.2, 0.25) is 11.8 Å². The van der Waals surface area contributed by atoms with Crippen LogP contribution < -0.4 is 15.4 Å². The molecule has 7 heteroatoms. The summed E-state index contributed by atoms with van der Waals surface area (Å²) in [4.78, 5) is 33.8. The number of ether oxygens (including phenoxy) is 1. The zero-order valence-electron chi connectivity index (χ0n) is 8.27. The second-order valence-corrected chi connectivity index (χ2v) is 3.11. The fraction of sp³-hybridized carbons (Fsp3) is 0.222. The van der Waals surface area contributed by atoms with Gasteiger partial charge in [0.15, 0.2) is 0 Å². The monoisotopic (exact) mass is 224 g/mol. The van der Waals surface area contributed by atoms with Gasteiger partial charge in [-0.05, 0) is 6.07 Å². The highest BCUT2D eigenvalue weighted by Crippen LogP contribution is 2.29. The number of carbonyl (C=O) groups is 3. The van der Waals surface area contributed by atoms with Crippen molar-refractivity contribution in [2.75, 3.05) is 7.11 Å². The number of rotatable bonds is 2. The zero-order valence-corrected chi connectivity index (χ0v) is 8.27. The van der Waals surface area contributed by atoms with Crippen LogP contribution in [0, 0.1) is 0 Å². The summed E-state index contributed by atoms with van der Waals surface area (Å²) in [5.41, 5.74) is 0.282. The predicted octanol–water partition coefficient (Wildman–Crippen LogP) is -0.262. The minimum absolute atomic E-state index is 0.0737. The number of hydrogen-bond donors (Lipinski definition) is 2. The first kappa shape index (κ1) is 10.2. The molecule has 84 valence electrons. The lowest BCUT2D eigenvalue weighted by atomic mass is 9.98. The van der Waals surface area contributed by atoms with Gasteiger partial charge < -0.3 is 9.15 Å². The Labute approximate surface area is 89.7 Å². The summed E-state index contributed by atoms with van der Waals surface area (Å²) in [7, 11) is 1.35. The summed E-state index contributed by atoms with van der Waals surface area (Å²) in [6.07, 6.45) is 1.30. The Hall–Kier alpha value is -2.31. The van der Waals surface area contributed by atoms with Crippen LogP contribution in [0.5, 0.6) is 5.95 Å². The third-order valence-corrected chi connectivity index (χ3v) is 2.15. The van der Waals surface area contributed by atoms with E-state index in [0.717, 1.165) is 0 Å². The average molecular weight is 224 g/mol. The zero-order chi connectivity index (χ0) is 11.7. The number of urea groups is 1. The van der Waals surface area contributed by atoms with Crippen molar-refractivity contribution in [3.05, 3.63) is 17.9 Å². The summed E-state index contributed by atoms with van der Waals surface area (Å²) < 4.78 is 9.77. The second-order valence-electron chi connectivity index (χ2n) is 3.11. The Balaban J connectivity index is 2.36. The van der Waals surface area contributed by atoms with Gasteiger partial charge in [0, 0.05) is 0 Å². The highest BCUT2D eigenvalue weighted by atomic mass is 16.6. The standard InChI is InChI=1S/C9H8N2O5/c1-15-8-4(2-3-16-8)5-6(12)10-9(14)11-7(5)13/h2-3,5H,1H3,(H2,10,11,12,13,14). The maximum Gasteiger partial charge on any atom is 0.328 e. The first-order chi connectivity index (χ1) is 7.63. The van der Waals surface area contributed by atoms with Crippen molar-refractivity contribution in [2.45, 2.75) is 5.92 Å². The topological polar surface area (TPSA) is 97.6 Å². The van der Waals surface area contributed by atoms with E-state index in [1.807, 2.05) is 10.6 Å². The number of barbiturate groups is 1. The molecule has 0 aromatic carbocycles. The molecule has 0 bridgehead atoms. The Bertz CT molecular complexity index is 444. The molecule has 2 N–H and O–H groups in total. The van der Waals surface area contributed by atoms with E-state index >= 15 is 0 Å². The lowest BCUT2D eigenvalue weighted by Gasteiger charge is -2.19. The van der Waals surface area contributed by atoms with Crippen molar-refractivity contribution in [2.24, 2.45) is 0 Å². The van der Waals surface area contributed by atoms with E-state index < -0.39 is 23.8 Å². The summed E-state index contributed by atoms with van der Waals surface area (Å²) in [5, 5.41) is 3.98. The van der Waals surface area contributed by atoms with Gasteiger partial charge in [-0.15, -0.1) is 0 Å². The largest absolute Gasteiger partial charge is 0.468 e. The molecular formula is C9H8N2O5. The molecule has 0 unspecified atom stereocenters. The summed E-state index contributed by atoms with van der Waals surface area (Å²) in [5.74, 6) is -2.46. The summed E-state index contributed by atoms with van der Waals surface area (Å²) in [6, 6.07) is 0.618. The van der Waals surface area contributed by atoms with Gasteiger partial charge in [-0.3, -0.25) is 20.2 Å². The molecule has 2 heterocycles. The molecule has 0 saturated carbocycles. The highest BCUT2D eigenvalue weighted by molar-refractivity contribution is 6.19. The number of carbonyl (C=O) groups excluding carboxylic acids is 3. The van der Waals surface area contributed by atoms with Crippen molar-refractivity contribution < 1.29 is 23.5 Å². The maximum absolute atomic E-state index is 11.5. The maximum atomic E-state index is 11.5. The van der Waals surface area contributed by atoms with Crippen molar-refractivity contribution in [3.63, 3.8) is 0 Å².